The summed E-state index contributed by atoms with van der Waals surface area (Å²) in [5, 5.41) is 3.21. The molecule has 0 aliphatic carbocycles. The van der Waals surface area contributed by atoms with E-state index >= 15 is 0 Å². The highest BCUT2D eigenvalue weighted by Gasteiger charge is 2.17. The smallest absolute Gasteiger partial charge is 0.265 e. The van der Waals surface area contributed by atoms with Crippen LogP contribution < -0.4 is 14.8 Å². The van der Waals surface area contributed by atoms with E-state index in [1.165, 1.54) is 24.3 Å². The first-order chi connectivity index (χ1) is 14.2. The van der Waals surface area contributed by atoms with E-state index in [1.807, 2.05) is 13.0 Å². The third-order valence-electron chi connectivity index (χ3n) is 4.18. The van der Waals surface area contributed by atoms with Crippen LogP contribution in [0.25, 0.3) is 0 Å². The van der Waals surface area contributed by atoms with Crippen molar-refractivity contribution in [2.75, 3.05) is 10.0 Å². The van der Waals surface area contributed by atoms with Crippen molar-refractivity contribution in [3.05, 3.63) is 83.4 Å². The Kier molecular flexibility index (Phi) is 6.64. The molecule has 0 unspecified atom stereocenters. The fourth-order valence-electron chi connectivity index (χ4n) is 2.68. The Bertz CT molecular complexity index is 1150. The van der Waals surface area contributed by atoms with Gasteiger partial charge in [0.25, 0.3) is 15.9 Å². The number of ether oxygens (including phenoxy) is 1. The van der Waals surface area contributed by atoms with Crippen LogP contribution in [0.15, 0.2) is 77.7 Å². The molecule has 6 nitrogen and oxygen atoms in total. The SMILES string of the molecule is Cc1cccc(NS(=O)(=O)c2ccc(NC(=O)[C@H](C)Oc3cccc(Cl)c3)cc2)c1. The molecule has 0 aliphatic rings. The van der Waals surface area contributed by atoms with Crippen LogP contribution >= 0.6 is 11.6 Å². The summed E-state index contributed by atoms with van der Waals surface area (Å²) in [4.78, 5) is 12.4. The molecule has 0 saturated heterocycles. The molecule has 0 fully saturated rings. The Morgan fingerprint density at radius 1 is 0.967 bits per heavy atom. The van der Waals surface area contributed by atoms with Crippen LogP contribution in [-0.2, 0) is 14.8 Å². The first-order valence-corrected chi connectivity index (χ1v) is 11.0. The molecule has 0 saturated carbocycles. The number of benzene rings is 3. The second-order valence-electron chi connectivity index (χ2n) is 6.71. The largest absolute Gasteiger partial charge is 0.481 e. The summed E-state index contributed by atoms with van der Waals surface area (Å²) in [6.07, 6.45) is -0.769. The van der Waals surface area contributed by atoms with Crippen LogP contribution in [-0.4, -0.2) is 20.4 Å². The number of amides is 1. The number of nitrogens with one attached hydrogen (secondary N) is 2. The average Bonchev–Trinajstić information content (AvgIpc) is 2.68. The lowest BCUT2D eigenvalue weighted by atomic mass is 10.2. The number of halogens is 1. The standard InChI is InChI=1S/C22H21ClN2O4S/c1-15-5-3-7-19(13-15)25-30(27,28)21-11-9-18(10-12-21)24-22(26)16(2)29-20-8-4-6-17(23)14-20/h3-14,16,25H,1-2H3,(H,24,26)/t16-/m0/s1. The minimum absolute atomic E-state index is 0.0882. The number of sulfonamides is 1. The van der Waals surface area contributed by atoms with E-state index in [0.717, 1.165) is 5.56 Å². The zero-order valence-electron chi connectivity index (χ0n) is 16.4. The van der Waals surface area contributed by atoms with Crippen molar-refractivity contribution >= 4 is 38.9 Å². The van der Waals surface area contributed by atoms with Gasteiger partial charge >= 0.3 is 0 Å². The third kappa shape index (κ3) is 5.75. The summed E-state index contributed by atoms with van der Waals surface area (Å²) in [6.45, 7) is 3.49. The average molecular weight is 445 g/mol. The molecular weight excluding hydrogens is 424 g/mol. The normalized spacial score (nSPS) is 12.1. The molecule has 3 aromatic carbocycles. The van der Waals surface area contributed by atoms with E-state index in [1.54, 1.807) is 49.4 Å². The van der Waals surface area contributed by atoms with Crippen molar-refractivity contribution in [3.8, 4) is 5.75 Å². The molecule has 0 aromatic heterocycles. The van der Waals surface area contributed by atoms with Crippen LogP contribution in [0, 0.1) is 6.92 Å². The van der Waals surface area contributed by atoms with Gasteiger partial charge in [-0.3, -0.25) is 9.52 Å². The van der Waals surface area contributed by atoms with E-state index in [9.17, 15) is 13.2 Å². The van der Waals surface area contributed by atoms with Crippen molar-refractivity contribution in [2.45, 2.75) is 24.8 Å². The molecule has 1 amide bonds. The van der Waals surface area contributed by atoms with Crippen molar-refractivity contribution in [3.63, 3.8) is 0 Å². The Morgan fingerprint density at radius 3 is 2.33 bits per heavy atom. The van der Waals surface area contributed by atoms with Gasteiger partial charge in [-0.15, -0.1) is 0 Å². The molecule has 0 aliphatic heterocycles. The van der Waals surface area contributed by atoms with E-state index in [-0.39, 0.29) is 10.8 Å². The molecule has 0 bridgehead atoms. The predicted octanol–water partition coefficient (Wildman–Crippen LogP) is 4.86. The predicted molar refractivity (Wildman–Crippen MR) is 119 cm³/mol. The van der Waals surface area contributed by atoms with Crippen molar-refractivity contribution in [1.29, 1.82) is 0 Å². The number of carbonyl (C=O) groups is 1. The van der Waals surface area contributed by atoms with Gasteiger partial charge in [0.2, 0.25) is 0 Å². The summed E-state index contributed by atoms with van der Waals surface area (Å²) in [5.41, 5.74) is 1.89. The minimum Gasteiger partial charge on any atom is -0.481 e. The van der Waals surface area contributed by atoms with Gasteiger partial charge in [0.1, 0.15) is 5.75 Å². The third-order valence-corrected chi connectivity index (χ3v) is 5.81. The van der Waals surface area contributed by atoms with Crippen LogP contribution in [0.4, 0.5) is 11.4 Å². The lowest BCUT2D eigenvalue weighted by Gasteiger charge is -2.15. The Hall–Kier alpha value is -3.03. The number of carbonyl (C=O) groups excluding carboxylic acids is 1. The molecule has 2 N–H and O–H groups in total. The van der Waals surface area contributed by atoms with E-state index in [4.69, 9.17) is 16.3 Å². The highest BCUT2D eigenvalue weighted by atomic mass is 35.5. The maximum atomic E-state index is 12.6. The van der Waals surface area contributed by atoms with E-state index < -0.39 is 16.1 Å². The second kappa shape index (κ2) is 9.19. The lowest BCUT2D eigenvalue weighted by molar-refractivity contribution is -0.122. The van der Waals surface area contributed by atoms with Gasteiger partial charge in [-0.2, -0.15) is 0 Å². The number of anilines is 2. The zero-order chi connectivity index (χ0) is 21.7. The van der Waals surface area contributed by atoms with Crippen molar-refractivity contribution in [1.82, 2.24) is 0 Å². The fourth-order valence-corrected chi connectivity index (χ4v) is 3.91. The maximum Gasteiger partial charge on any atom is 0.265 e. The topological polar surface area (TPSA) is 84.5 Å². The quantitative estimate of drug-likeness (QED) is 0.545. The summed E-state index contributed by atoms with van der Waals surface area (Å²) in [5.74, 6) is 0.109. The van der Waals surface area contributed by atoms with E-state index in [0.29, 0.717) is 22.1 Å². The fraction of sp³-hybridized carbons (Fsp3) is 0.136. The molecule has 30 heavy (non-hydrogen) atoms. The van der Waals surface area contributed by atoms with Gasteiger partial charge in [0.15, 0.2) is 6.10 Å². The molecule has 0 radical (unpaired) electrons. The Labute approximate surface area is 180 Å². The monoisotopic (exact) mass is 444 g/mol. The number of hydrogen-bond donors (Lipinski definition) is 2. The van der Waals surface area contributed by atoms with Crippen LogP contribution in [0.5, 0.6) is 5.75 Å². The van der Waals surface area contributed by atoms with Gasteiger partial charge in [-0.05, 0) is 74.0 Å². The first-order valence-electron chi connectivity index (χ1n) is 9.15. The number of rotatable bonds is 7. The highest BCUT2D eigenvalue weighted by molar-refractivity contribution is 7.92. The molecule has 3 rings (SSSR count). The van der Waals surface area contributed by atoms with Crippen molar-refractivity contribution in [2.24, 2.45) is 0 Å². The van der Waals surface area contributed by atoms with Crippen LogP contribution in [0.3, 0.4) is 0 Å². The summed E-state index contributed by atoms with van der Waals surface area (Å²) in [7, 11) is -3.74. The summed E-state index contributed by atoms with van der Waals surface area (Å²) in [6, 6.07) is 19.7. The van der Waals surface area contributed by atoms with Gasteiger partial charge in [-0.1, -0.05) is 29.8 Å². The molecule has 0 spiro atoms. The second-order valence-corrected chi connectivity index (χ2v) is 8.82. The highest BCUT2D eigenvalue weighted by Crippen LogP contribution is 2.21. The minimum atomic E-state index is -3.74. The van der Waals surface area contributed by atoms with Gasteiger partial charge < -0.3 is 10.1 Å². The van der Waals surface area contributed by atoms with Gasteiger partial charge in [0, 0.05) is 16.4 Å². The van der Waals surface area contributed by atoms with Gasteiger partial charge in [-0.25, -0.2) is 8.42 Å². The Balaban J connectivity index is 1.64. The van der Waals surface area contributed by atoms with Crippen molar-refractivity contribution < 1.29 is 17.9 Å². The molecule has 156 valence electrons. The number of hydrogen-bond acceptors (Lipinski definition) is 4. The van der Waals surface area contributed by atoms with Crippen LogP contribution in [0.1, 0.15) is 12.5 Å². The Morgan fingerprint density at radius 2 is 1.67 bits per heavy atom. The molecule has 0 heterocycles. The summed E-state index contributed by atoms with van der Waals surface area (Å²) >= 11 is 5.91. The summed E-state index contributed by atoms with van der Waals surface area (Å²) < 4.78 is 33.2. The van der Waals surface area contributed by atoms with E-state index in [2.05, 4.69) is 10.0 Å². The molecule has 8 heteroatoms. The molecule has 1 atom stereocenters. The zero-order valence-corrected chi connectivity index (χ0v) is 18.0. The maximum absolute atomic E-state index is 12.6. The number of aryl methyl sites for hydroxylation is 1. The van der Waals surface area contributed by atoms with Gasteiger partial charge in [0.05, 0.1) is 4.90 Å². The molecular formula is C22H21ClN2O4S. The first kappa shape index (κ1) is 21.7. The lowest BCUT2D eigenvalue weighted by Crippen LogP contribution is -2.30. The molecule has 3 aromatic rings. The van der Waals surface area contributed by atoms with Crippen LogP contribution in [0.2, 0.25) is 5.02 Å².